The highest BCUT2D eigenvalue weighted by Crippen LogP contribution is 2.30. The van der Waals surface area contributed by atoms with E-state index in [1.165, 1.54) is 0 Å². The fourth-order valence-corrected chi connectivity index (χ4v) is 3.32. The molecule has 1 aromatic carbocycles. The standard InChI is InChI=1S/C17H21ClN4O2/c1-24-16-6-5-14(18)8-12(16)9-19-17(23)22-7-3-2-4-15(22)13-10-20-21-11-13/h5-6,8,10-11,15H,2-4,7,9H2,1H3,(H,19,23)(H,20,21)/t15-/m0/s1. The molecule has 0 saturated carbocycles. The smallest absolute Gasteiger partial charge is 0.318 e. The van der Waals surface area contributed by atoms with Gasteiger partial charge in [0.05, 0.1) is 19.3 Å². The zero-order valence-corrected chi connectivity index (χ0v) is 14.3. The number of nitrogens with one attached hydrogen (secondary N) is 2. The van der Waals surface area contributed by atoms with E-state index in [4.69, 9.17) is 16.3 Å². The summed E-state index contributed by atoms with van der Waals surface area (Å²) in [5.41, 5.74) is 1.90. The summed E-state index contributed by atoms with van der Waals surface area (Å²) in [6.07, 6.45) is 6.73. The summed E-state index contributed by atoms with van der Waals surface area (Å²) >= 11 is 6.04. The van der Waals surface area contributed by atoms with Crippen LogP contribution >= 0.6 is 11.6 Å². The molecular formula is C17H21ClN4O2. The molecule has 2 amide bonds. The average molecular weight is 349 g/mol. The lowest BCUT2D eigenvalue weighted by atomic mass is 9.98. The molecule has 2 heterocycles. The van der Waals surface area contributed by atoms with Crippen LogP contribution < -0.4 is 10.1 Å². The van der Waals surface area contributed by atoms with Gasteiger partial charge in [0.1, 0.15) is 5.75 Å². The maximum atomic E-state index is 12.7. The maximum Gasteiger partial charge on any atom is 0.318 e. The van der Waals surface area contributed by atoms with Gasteiger partial charge in [0, 0.05) is 35.4 Å². The molecule has 0 aliphatic carbocycles. The van der Waals surface area contributed by atoms with Crippen molar-refractivity contribution in [1.29, 1.82) is 0 Å². The number of urea groups is 1. The molecule has 1 fully saturated rings. The number of rotatable bonds is 4. The number of nitrogens with zero attached hydrogens (tertiary/aromatic N) is 2. The third kappa shape index (κ3) is 3.64. The predicted octanol–water partition coefficient (Wildman–Crippen LogP) is 3.51. The molecule has 0 radical (unpaired) electrons. The zero-order valence-electron chi connectivity index (χ0n) is 13.6. The number of piperidine rings is 1. The second-order valence-electron chi connectivity index (χ2n) is 5.85. The first kappa shape index (κ1) is 16.6. The quantitative estimate of drug-likeness (QED) is 0.888. The van der Waals surface area contributed by atoms with Crippen LogP contribution in [0.2, 0.25) is 5.02 Å². The molecule has 2 N–H and O–H groups in total. The van der Waals surface area contributed by atoms with Crippen LogP contribution in [0.3, 0.4) is 0 Å². The molecule has 7 heteroatoms. The summed E-state index contributed by atoms with van der Waals surface area (Å²) in [5, 5.41) is 10.4. The number of likely N-dealkylation sites (tertiary alicyclic amines) is 1. The number of ether oxygens (including phenoxy) is 1. The minimum absolute atomic E-state index is 0.0683. The molecule has 1 aromatic heterocycles. The topological polar surface area (TPSA) is 70.2 Å². The second kappa shape index (κ2) is 7.57. The van der Waals surface area contributed by atoms with E-state index in [2.05, 4.69) is 15.5 Å². The van der Waals surface area contributed by atoms with E-state index in [0.29, 0.717) is 17.3 Å². The summed E-state index contributed by atoms with van der Waals surface area (Å²) < 4.78 is 5.32. The van der Waals surface area contributed by atoms with Crippen LogP contribution in [0, 0.1) is 0 Å². The normalized spacial score (nSPS) is 17.6. The molecule has 1 aliphatic rings. The molecule has 0 bridgehead atoms. The van der Waals surface area contributed by atoms with E-state index < -0.39 is 0 Å². The Balaban J connectivity index is 1.68. The van der Waals surface area contributed by atoms with Gasteiger partial charge in [-0.15, -0.1) is 0 Å². The Labute approximate surface area is 146 Å². The molecule has 128 valence electrons. The number of amides is 2. The third-order valence-electron chi connectivity index (χ3n) is 4.34. The van der Waals surface area contributed by atoms with E-state index in [-0.39, 0.29) is 12.1 Å². The van der Waals surface area contributed by atoms with Crippen molar-refractivity contribution in [2.45, 2.75) is 31.8 Å². The number of aromatic amines is 1. The van der Waals surface area contributed by atoms with Crippen molar-refractivity contribution in [2.75, 3.05) is 13.7 Å². The van der Waals surface area contributed by atoms with E-state index >= 15 is 0 Å². The Bertz CT molecular complexity index is 690. The number of hydrogen-bond acceptors (Lipinski definition) is 3. The number of halogens is 1. The Morgan fingerprint density at radius 3 is 3.12 bits per heavy atom. The van der Waals surface area contributed by atoms with Crippen molar-refractivity contribution in [3.05, 3.63) is 46.7 Å². The first-order chi connectivity index (χ1) is 11.7. The van der Waals surface area contributed by atoms with E-state index in [9.17, 15) is 4.79 Å². The lowest BCUT2D eigenvalue weighted by Gasteiger charge is -2.35. The molecule has 1 saturated heterocycles. The van der Waals surface area contributed by atoms with E-state index in [1.807, 2.05) is 17.2 Å². The van der Waals surface area contributed by atoms with Gasteiger partial charge in [-0.05, 0) is 37.5 Å². The van der Waals surface area contributed by atoms with Crippen molar-refractivity contribution < 1.29 is 9.53 Å². The van der Waals surface area contributed by atoms with Gasteiger partial charge in [0.25, 0.3) is 0 Å². The number of hydrogen-bond donors (Lipinski definition) is 2. The monoisotopic (exact) mass is 348 g/mol. The highest BCUT2D eigenvalue weighted by molar-refractivity contribution is 6.30. The number of benzene rings is 1. The number of methoxy groups -OCH3 is 1. The Hall–Kier alpha value is -2.21. The molecule has 2 aromatic rings. The minimum Gasteiger partial charge on any atom is -0.496 e. The number of carbonyl (C=O) groups is 1. The summed E-state index contributed by atoms with van der Waals surface area (Å²) in [4.78, 5) is 14.6. The Morgan fingerprint density at radius 1 is 1.50 bits per heavy atom. The van der Waals surface area contributed by atoms with Gasteiger partial charge < -0.3 is 15.0 Å². The van der Waals surface area contributed by atoms with Gasteiger partial charge in [-0.2, -0.15) is 5.10 Å². The lowest BCUT2D eigenvalue weighted by molar-refractivity contribution is 0.151. The summed E-state index contributed by atoms with van der Waals surface area (Å²) in [6, 6.07) is 5.37. The molecule has 6 nitrogen and oxygen atoms in total. The number of aromatic nitrogens is 2. The number of carbonyl (C=O) groups excluding carboxylic acids is 1. The second-order valence-corrected chi connectivity index (χ2v) is 6.29. The maximum absolute atomic E-state index is 12.7. The van der Waals surface area contributed by atoms with Crippen molar-refractivity contribution in [2.24, 2.45) is 0 Å². The highest BCUT2D eigenvalue weighted by Gasteiger charge is 2.28. The van der Waals surface area contributed by atoms with Crippen molar-refractivity contribution in [3.63, 3.8) is 0 Å². The lowest BCUT2D eigenvalue weighted by Crippen LogP contribution is -2.44. The molecule has 24 heavy (non-hydrogen) atoms. The van der Waals surface area contributed by atoms with Crippen LogP contribution in [0.5, 0.6) is 5.75 Å². The van der Waals surface area contributed by atoms with Gasteiger partial charge in [-0.1, -0.05) is 11.6 Å². The van der Waals surface area contributed by atoms with Crippen LogP contribution in [0.15, 0.2) is 30.6 Å². The van der Waals surface area contributed by atoms with Crippen molar-refractivity contribution in [1.82, 2.24) is 20.4 Å². The SMILES string of the molecule is COc1ccc(Cl)cc1CNC(=O)N1CCCC[C@H]1c1cn[nH]c1. The van der Waals surface area contributed by atoms with Gasteiger partial charge in [-0.25, -0.2) is 4.79 Å². The minimum atomic E-state index is -0.0806. The third-order valence-corrected chi connectivity index (χ3v) is 4.58. The largest absolute Gasteiger partial charge is 0.496 e. The van der Waals surface area contributed by atoms with Crippen molar-refractivity contribution >= 4 is 17.6 Å². The number of H-pyrrole nitrogens is 1. The molecule has 0 unspecified atom stereocenters. The van der Waals surface area contributed by atoms with Gasteiger partial charge >= 0.3 is 6.03 Å². The van der Waals surface area contributed by atoms with Gasteiger partial charge in [0.15, 0.2) is 0 Å². The average Bonchev–Trinajstić information content (AvgIpc) is 3.14. The van der Waals surface area contributed by atoms with Crippen LogP contribution in [0.1, 0.15) is 36.4 Å². The van der Waals surface area contributed by atoms with Crippen LogP contribution in [0.4, 0.5) is 4.79 Å². The highest BCUT2D eigenvalue weighted by atomic mass is 35.5. The Kier molecular flexibility index (Phi) is 5.25. The van der Waals surface area contributed by atoms with E-state index in [1.54, 1.807) is 25.4 Å². The van der Waals surface area contributed by atoms with Crippen LogP contribution in [-0.2, 0) is 6.54 Å². The Morgan fingerprint density at radius 2 is 2.38 bits per heavy atom. The first-order valence-corrected chi connectivity index (χ1v) is 8.42. The van der Waals surface area contributed by atoms with Gasteiger partial charge in [0.2, 0.25) is 0 Å². The fourth-order valence-electron chi connectivity index (χ4n) is 3.12. The van der Waals surface area contributed by atoms with Gasteiger partial charge in [-0.3, -0.25) is 5.10 Å². The summed E-state index contributed by atoms with van der Waals surface area (Å²) in [5.74, 6) is 0.713. The summed E-state index contributed by atoms with van der Waals surface area (Å²) in [7, 11) is 1.61. The van der Waals surface area contributed by atoms with Crippen LogP contribution in [-0.4, -0.2) is 34.8 Å². The first-order valence-electron chi connectivity index (χ1n) is 8.04. The van der Waals surface area contributed by atoms with Crippen LogP contribution in [0.25, 0.3) is 0 Å². The zero-order chi connectivity index (χ0) is 16.9. The molecule has 0 spiro atoms. The predicted molar refractivity (Wildman–Crippen MR) is 92.1 cm³/mol. The summed E-state index contributed by atoms with van der Waals surface area (Å²) in [6.45, 7) is 1.12. The molecule has 1 aliphatic heterocycles. The van der Waals surface area contributed by atoms with E-state index in [0.717, 1.165) is 36.9 Å². The fraction of sp³-hybridized carbons (Fsp3) is 0.412. The molecule has 3 rings (SSSR count). The molecular weight excluding hydrogens is 328 g/mol. The van der Waals surface area contributed by atoms with Crippen molar-refractivity contribution in [3.8, 4) is 5.75 Å². The molecule has 1 atom stereocenters.